The van der Waals surface area contributed by atoms with Crippen LogP contribution in [0.25, 0.3) is 0 Å². The molecule has 1 N–H and O–H groups in total. The average Bonchev–Trinajstić information content (AvgIpc) is 3.12. The number of anilines is 1. The number of nitrogens with one attached hydrogen (secondary N) is 1. The van der Waals surface area contributed by atoms with Crippen LogP contribution in [0.4, 0.5) is 9.39 Å². The number of carbonyl (C=O) groups is 1. The van der Waals surface area contributed by atoms with Gasteiger partial charge >= 0.3 is 0 Å². The number of thiophene rings is 1. The van der Waals surface area contributed by atoms with Crippen molar-refractivity contribution in [1.82, 2.24) is 4.90 Å². The Morgan fingerprint density at radius 3 is 2.71 bits per heavy atom. The lowest BCUT2D eigenvalue weighted by Gasteiger charge is -2.26. The molecule has 0 saturated heterocycles. The van der Waals surface area contributed by atoms with E-state index in [1.54, 1.807) is 12.1 Å². The second-order valence-corrected chi connectivity index (χ2v) is 9.64. The van der Waals surface area contributed by atoms with Crippen LogP contribution < -0.4 is 5.32 Å². The monoisotopic (exact) mass is 451 g/mol. The van der Waals surface area contributed by atoms with Crippen molar-refractivity contribution in [3.8, 4) is 6.07 Å². The van der Waals surface area contributed by atoms with Gasteiger partial charge in [-0.2, -0.15) is 5.26 Å². The van der Waals surface area contributed by atoms with Gasteiger partial charge in [-0.05, 0) is 41.8 Å². The van der Waals surface area contributed by atoms with Crippen LogP contribution in [0.2, 0.25) is 0 Å². The highest BCUT2D eigenvalue weighted by Crippen LogP contribution is 2.37. The predicted octanol–water partition coefficient (Wildman–Crippen LogP) is 5.44. The summed E-state index contributed by atoms with van der Waals surface area (Å²) in [5.74, 6) is 0.218. The van der Waals surface area contributed by atoms with Gasteiger partial charge in [0.15, 0.2) is 0 Å². The van der Waals surface area contributed by atoms with Gasteiger partial charge < -0.3 is 5.32 Å². The van der Waals surface area contributed by atoms with E-state index in [1.807, 2.05) is 18.2 Å². The summed E-state index contributed by atoms with van der Waals surface area (Å²) in [6.07, 6.45) is 1.15. The van der Waals surface area contributed by atoms with Crippen LogP contribution in [0, 0.1) is 17.1 Å². The van der Waals surface area contributed by atoms with Crippen LogP contribution in [0.15, 0.2) is 59.5 Å². The summed E-state index contributed by atoms with van der Waals surface area (Å²) in [7, 11) is 0. The molecule has 0 fully saturated rings. The highest BCUT2D eigenvalue weighted by Gasteiger charge is 2.25. The van der Waals surface area contributed by atoms with Gasteiger partial charge in [-0.15, -0.1) is 23.1 Å². The molecule has 0 spiro atoms. The fourth-order valence-electron chi connectivity index (χ4n) is 3.62. The van der Waals surface area contributed by atoms with E-state index in [4.69, 9.17) is 0 Å². The first-order valence-electron chi connectivity index (χ1n) is 10.1. The van der Waals surface area contributed by atoms with Gasteiger partial charge in [0.25, 0.3) is 0 Å². The maximum Gasteiger partial charge on any atom is 0.225 e. The zero-order valence-corrected chi connectivity index (χ0v) is 18.6. The van der Waals surface area contributed by atoms with Crippen molar-refractivity contribution >= 4 is 34.0 Å². The van der Waals surface area contributed by atoms with Gasteiger partial charge in [0.2, 0.25) is 5.91 Å². The smallest absolute Gasteiger partial charge is 0.225 e. The van der Waals surface area contributed by atoms with Crippen molar-refractivity contribution in [2.24, 2.45) is 0 Å². The van der Waals surface area contributed by atoms with Crippen molar-refractivity contribution in [2.75, 3.05) is 17.6 Å². The Bertz CT molecular complexity index is 1090. The first-order valence-corrected chi connectivity index (χ1v) is 11.9. The molecule has 1 amide bonds. The summed E-state index contributed by atoms with van der Waals surface area (Å²) in [6, 6.07) is 18.9. The summed E-state index contributed by atoms with van der Waals surface area (Å²) in [6.45, 7) is 2.57. The van der Waals surface area contributed by atoms with Crippen LogP contribution in [-0.4, -0.2) is 23.1 Å². The number of carbonyl (C=O) groups excluding carboxylic acids is 1. The van der Waals surface area contributed by atoms with E-state index in [2.05, 4.69) is 28.4 Å². The van der Waals surface area contributed by atoms with E-state index in [-0.39, 0.29) is 11.7 Å². The molecular formula is C24H22FN3OS2. The van der Waals surface area contributed by atoms with Gasteiger partial charge in [0, 0.05) is 41.6 Å². The molecule has 4 rings (SSSR count). The number of thioether (sulfide) groups is 1. The Kier molecular flexibility index (Phi) is 7.03. The molecule has 7 heteroatoms. The number of nitriles is 1. The van der Waals surface area contributed by atoms with Crippen LogP contribution in [-0.2, 0) is 24.3 Å². The minimum atomic E-state index is -0.268. The van der Waals surface area contributed by atoms with Crippen molar-refractivity contribution < 1.29 is 9.18 Å². The SMILES string of the molecule is N#Cc1c(NC(=O)CCSc2ccc(F)cc2)sc2c1CCN(Cc1ccccc1)C2. The van der Waals surface area contributed by atoms with Crippen LogP contribution >= 0.6 is 23.1 Å². The van der Waals surface area contributed by atoms with Crippen molar-refractivity contribution in [3.05, 3.63) is 82.0 Å². The van der Waals surface area contributed by atoms with Crippen molar-refractivity contribution in [3.63, 3.8) is 0 Å². The maximum atomic E-state index is 13.0. The number of hydrogen-bond donors (Lipinski definition) is 1. The molecule has 1 aliphatic heterocycles. The summed E-state index contributed by atoms with van der Waals surface area (Å²) >= 11 is 3.03. The number of amides is 1. The molecule has 2 heterocycles. The zero-order chi connectivity index (χ0) is 21.6. The van der Waals surface area contributed by atoms with Crippen LogP contribution in [0.5, 0.6) is 0 Å². The largest absolute Gasteiger partial charge is 0.317 e. The Morgan fingerprint density at radius 1 is 1.19 bits per heavy atom. The molecule has 0 radical (unpaired) electrons. The summed E-state index contributed by atoms with van der Waals surface area (Å²) in [4.78, 5) is 16.9. The first kappa shape index (κ1) is 21.6. The van der Waals surface area contributed by atoms with E-state index in [9.17, 15) is 14.4 Å². The molecule has 4 nitrogen and oxygen atoms in total. The highest BCUT2D eigenvalue weighted by molar-refractivity contribution is 7.99. The van der Waals surface area contributed by atoms with Gasteiger partial charge in [0.05, 0.1) is 5.56 Å². The molecule has 0 saturated carbocycles. The van der Waals surface area contributed by atoms with E-state index in [1.165, 1.54) is 40.8 Å². The molecular weight excluding hydrogens is 429 g/mol. The van der Waals surface area contributed by atoms with Gasteiger partial charge in [-0.25, -0.2) is 4.39 Å². The molecule has 0 aliphatic carbocycles. The predicted molar refractivity (Wildman–Crippen MR) is 124 cm³/mol. The number of nitrogens with zero attached hydrogens (tertiary/aromatic N) is 2. The lowest BCUT2D eigenvalue weighted by atomic mass is 10.0. The molecule has 158 valence electrons. The topological polar surface area (TPSA) is 56.1 Å². The third kappa shape index (κ3) is 5.53. The van der Waals surface area contributed by atoms with Crippen LogP contribution in [0.3, 0.4) is 0 Å². The third-order valence-corrected chi connectivity index (χ3v) is 7.31. The number of hydrogen-bond acceptors (Lipinski definition) is 5. The van der Waals surface area contributed by atoms with Crippen LogP contribution in [0.1, 0.15) is 28.0 Å². The number of benzene rings is 2. The lowest BCUT2D eigenvalue weighted by molar-refractivity contribution is -0.115. The van der Waals surface area contributed by atoms with E-state index < -0.39 is 0 Å². The summed E-state index contributed by atoms with van der Waals surface area (Å²) in [5.41, 5.74) is 2.96. The van der Waals surface area contributed by atoms with Gasteiger partial charge in [-0.1, -0.05) is 30.3 Å². The van der Waals surface area contributed by atoms with E-state index in [0.717, 1.165) is 41.4 Å². The minimum Gasteiger partial charge on any atom is -0.317 e. The fourth-order valence-corrected chi connectivity index (χ4v) is 5.73. The second-order valence-electron chi connectivity index (χ2n) is 7.37. The number of rotatable bonds is 7. The van der Waals surface area contributed by atoms with E-state index in [0.29, 0.717) is 22.7 Å². The highest BCUT2D eigenvalue weighted by atomic mass is 32.2. The fraction of sp³-hybridized carbons (Fsp3) is 0.250. The molecule has 1 aliphatic rings. The lowest BCUT2D eigenvalue weighted by Crippen LogP contribution is -2.29. The van der Waals surface area contributed by atoms with Gasteiger partial charge in [-0.3, -0.25) is 9.69 Å². The summed E-state index contributed by atoms with van der Waals surface area (Å²) < 4.78 is 13.0. The standard InChI is InChI=1S/C24H22FN3OS2/c25-18-6-8-19(9-7-18)30-13-11-23(29)27-24-21(14-26)20-10-12-28(16-22(20)31-24)15-17-4-2-1-3-5-17/h1-9H,10-13,15-16H2,(H,27,29). The molecule has 31 heavy (non-hydrogen) atoms. The molecule has 1 aromatic heterocycles. The Labute approximate surface area is 189 Å². The molecule has 0 unspecified atom stereocenters. The third-order valence-electron chi connectivity index (χ3n) is 5.16. The molecule has 0 atom stereocenters. The zero-order valence-electron chi connectivity index (χ0n) is 16.9. The van der Waals surface area contributed by atoms with Crippen molar-refractivity contribution in [1.29, 1.82) is 5.26 Å². The second kappa shape index (κ2) is 10.1. The average molecular weight is 452 g/mol. The quantitative estimate of drug-likeness (QED) is 0.486. The van der Waals surface area contributed by atoms with E-state index >= 15 is 0 Å². The molecule has 2 aromatic carbocycles. The Hall–Kier alpha value is -2.66. The maximum absolute atomic E-state index is 13.0. The van der Waals surface area contributed by atoms with Crippen molar-refractivity contribution in [2.45, 2.75) is 30.8 Å². The molecule has 0 bridgehead atoms. The number of halogens is 1. The van der Waals surface area contributed by atoms with Gasteiger partial charge in [0.1, 0.15) is 16.9 Å². The minimum absolute atomic E-state index is 0.106. The summed E-state index contributed by atoms with van der Waals surface area (Å²) in [5, 5.41) is 13.3. The first-order chi connectivity index (χ1) is 15.1. The Morgan fingerprint density at radius 2 is 1.97 bits per heavy atom. The number of fused-ring (bicyclic) bond motifs is 1. The molecule has 3 aromatic rings. The Balaban J connectivity index is 1.35. The normalized spacial score (nSPS) is 13.4.